The van der Waals surface area contributed by atoms with E-state index in [2.05, 4.69) is 20.3 Å². The van der Waals surface area contributed by atoms with Crippen molar-refractivity contribution in [2.24, 2.45) is 4.99 Å². The van der Waals surface area contributed by atoms with Crippen LogP contribution in [0.5, 0.6) is 0 Å². The number of aliphatic hydroxyl groups is 2. The molecule has 5 N–H and O–H groups in total. The minimum Gasteiger partial charge on any atom is -0.389 e. The van der Waals surface area contributed by atoms with Gasteiger partial charge in [0.2, 0.25) is 0 Å². The summed E-state index contributed by atoms with van der Waals surface area (Å²) in [5, 5.41) is 23.5. The Morgan fingerprint density at radius 1 is 1.29 bits per heavy atom. The first-order chi connectivity index (χ1) is 10.0. The van der Waals surface area contributed by atoms with E-state index in [9.17, 15) is 19.8 Å². The molecule has 9 heteroatoms. The fourth-order valence-electron chi connectivity index (χ4n) is 2.91. The van der Waals surface area contributed by atoms with Gasteiger partial charge in [-0.2, -0.15) is 11.8 Å². The third kappa shape index (κ3) is 2.35. The lowest BCUT2D eigenvalue weighted by atomic mass is 9.94. The zero-order chi connectivity index (χ0) is 15.1. The number of aliphatic imine (C=N–C) groups is 1. The van der Waals surface area contributed by atoms with Crippen LogP contribution < -0.4 is 16.6 Å². The van der Waals surface area contributed by atoms with Gasteiger partial charge in [-0.15, -0.1) is 0 Å². The highest BCUT2D eigenvalue weighted by Gasteiger charge is 2.46. The first-order valence-corrected chi connectivity index (χ1v) is 7.94. The third-order valence-corrected chi connectivity index (χ3v) is 4.61. The van der Waals surface area contributed by atoms with Crippen LogP contribution in [0.25, 0.3) is 0 Å². The molecule has 5 atom stereocenters. The van der Waals surface area contributed by atoms with Crippen molar-refractivity contribution < 1.29 is 10.2 Å². The van der Waals surface area contributed by atoms with Crippen molar-refractivity contribution in [1.29, 1.82) is 0 Å². The van der Waals surface area contributed by atoms with E-state index in [1.165, 1.54) is 6.21 Å². The molecule has 0 amide bonds. The van der Waals surface area contributed by atoms with Crippen LogP contribution in [0.1, 0.15) is 11.6 Å². The fourth-order valence-corrected chi connectivity index (χ4v) is 3.56. The van der Waals surface area contributed by atoms with Crippen LogP contribution in [0, 0.1) is 0 Å². The summed E-state index contributed by atoms with van der Waals surface area (Å²) in [6.07, 6.45) is 1.54. The Morgan fingerprint density at radius 2 is 2.05 bits per heavy atom. The Hall–Kier alpha value is -1.42. The minimum absolute atomic E-state index is 0.149. The van der Waals surface area contributed by atoms with Gasteiger partial charge in [-0.3, -0.25) is 14.8 Å². The number of nitrogens with one attached hydrogen (secondary N) is 3. The SMILES string of the molecule is CSC[C@@H]1N[C@H](C2C=Nc3c2[nH]c(=O)[nH]c3=O)[C@@H](O)[C@H]1O. The van der Waals surface area contributed by atoms with E-state index in [0.29, 0.717) is 11.4 Å². The molecule has 114 valence electrons. The third-order valence-electron chi connectivity index (χ3n) is 3.91. The molecular weight excluding hydrogens is 296 g/mol. The molecule has 3 heterocycles. The van der Waals surface area contributed by atoms with Crippen molar-refractivity contribution in [3.8, 4) is 0 Å². The summed E-state index contributed by atoms with van der Waals surface area (Å²) in [5.74, 6) is 0.198. The van der Waals surface area contributed by atoms with E-state index in [0.717, 1.165) is 0 Å². The van der Waals surface area contributed by atoms with Crippen molar-refractivity contribution in [2.45, 2.75) is 30.2 Å². The molecule has 1 aromatic heterocycles. The fraction of sp³-hybridized carbons (Fsp3) is 0.583. The Bertz CT molecular complexity index is 685. The van der Waals surface area contributed by atoms with Gasteiger partial charge >= 0.3 is 5.69 Å². The van der Waals surface area contributed by atoms with E-state index in [-0.39, 0.29) is 11.7 Å². The van der Waals surface area contributed by atoms with E-state index < -0.39 is 35.4 Å². The van der Waals surface area contributed by atoms with Crippen molar-refractivity contribution >= 4 is 23.7 Å². The summed E-state index contributed by atoms with van der Waals surface area (Å²) >= 11 is 1.56. The maximum atomic E-state index is 11.7. The van der Waals surface area contributed by atoms with E-state index in [4.69, 9.17) is 0 Å². The number of aliphatic hydroxyl groups excluding tert-OH is 2. The monoisotopic (exact) mass is 312 g/mol. The molecule has 0 radical (unpaired) electrons. The van der Waals surface area contributed by atoms with Gasteiger partial charge in [-0.1, -0.05) is 0 Å². The summed E-state index contributed by atoms with van der Waals surface area (Å²) in [6, 6.07) is -0.745. The average Bonchev–Trinajstić information content (AvgIpc) is 2.96. The summed E-state index contributed by atoms with van der Waals surface area (Å²) in [6.45, 7) is 0. The van der Waals surface area contributed by atoms with E-state index in [1.807, 2.05) is 6.26 Å². The zero-order valence-electron chi connectivity index (χ0n) is 11.2. The number of thioether (sulfide) groups is 1. The topological polar surface area (TPSA) is 131 Å². The van der Waals surface area contributed by atoms with Crippen molar-refractivity contribution in [3.05, 3.63) is 26.5 Å². The molecule has 1 saturated heterocycles. The molecule has 21 heavy (non-hydrogen) atoms. The quantitative estimate of drug-likeness (QED) is 0.452. The second-order valence-corrected chi connectivity index (χ2v) is 6.12. The van der Waals surface area contributed by atoms with Gasteiger partial charge in [0.1, 0.15) is 5.69 Å². The largest absolute Gasteiger partial charge is 0.389 e. The molecule has 2 aliphatic heterocycles. The van der Waals surface area contributed by atoms with Gasteiger partial charge in [0, 0.05) is 24.1 Å². The number of aromatic nitrogens is 2. The van der Waals surface area contributed by atoms with Crippen LogP contribution in [0.15, 0.2) is 14.6 Å². The van der Waals surface area contributed by atoms with Gasteiger partial charge in [0.15, 0.2) is 0 Å². The zero-order valence-corrected chi connectivity index (χ0v) is 12.1. The first kappa shape index (κ1) is 14.5. The number of hydrogen-bond acceptors (Lipinski definition) is 7. The molecule has 1 fully saturated rings. The Labute approximate surface area is 123 Å². The van der Waals surface area contributed by atoms with E-state index in [1.54, 1.807) is 11.8 Å². The average molecular weight is 312 g/mol. The standard InChI is InChI=1S/C12H16N4O4S/c1-21-3-5-9(17)10(18)7(14-5)4-2-13-8-6(4)15-12(20)16-11(8)19/h2,4-5,7,9-10,14,17-18H,3H2,1H3,(H2,15,16,19,20)/t4?,5-,7+,9-,10+/m0/s1. The van der Waals surface area contributed by atoms with E-state index >= 15 is 0 Å². The molecule has 1 unspecified atom stereocenters. The van der Waals surface area contributed by atoms with Crippen LogP contribution in [-0.4, -0.2) is 62.7 Å². The normalized spacial score (nSPS) is 34.3. The van der Waals surface area contributed by atoms with Crippen molar-refractivity contribution in [3.63, 3.8) is 0 Å². The van der Waals surface area contributed by atoms with Crippen LogP contribution >= 0.6 is 11.8 Å². The molecular formula is C12H16N4O4S. The molecule has 3 rings (SSSR count). The van der Waals surface area contributed by atoms with Crippen LogP contribution in [0.3, 0.4) is 0 Å². The second-order valence-electron chi connectivity index (χ2n) is 5.21. The summed E-state index contributed by atoms with van der Waals surface area (Å²) in [7, 11) is 0. The number of hydrogen-bond donors (Lipinski definition) is 5. The number of fused-ring (bicyclic) bond motifs is 1. The minimum atomic E-state index is -0.993. The highest BCUT2D eigenvalue weighted by Crippen LogP contribution is 2.33. The van der Waals surface area contributed by atoms with Crippen molar-refractivity contribution in [1.82, 2.24) is 15.3 Å². The molecule has 0 aliphatic carbocycles. The van der Waals surface area contributed by atoms with Gasteiger partial charge in [0.05, 0.1) is 23.8 Å². The molecule has 0 saturated carbocycles. The lowest BCUT2D eigenvalue weighted by Crippen LogP contribution is -2.40. The predicted molar refractivity (Wildman–Crippen MR) is 79.7 cm³/mol. The Balaban J connectivity index is 1.93. The lowest BCUT2D eigenvalue weighted by Gasteiger charge is -2.21. The second kappa shape index (κ2) is 5.41. The van der Waals surface area contributed by atoms with Gasteiger partial charge < -0.3 is 20.5 Å². The molecule has 0 bridgehead atoms. The van der Waals surface area contributed by atoms with Gasteiger partial charge in [-0.25, -0.2) is 4.79 Å². The number of nitrogens with zero attached hydrogens (tertiary/aromatic N) is 1. The maximum absolute atomic E-state index is 11.7. The lowest BCUT2D eigenvalue weighted by molar-refractivity contribution is 0.0299. The Morgan fingerprint density at radius 3 is 2.76 bits per heavy atom. The summed E-state index contributed by atoms with van der Waals surface area (Å²) < 4.78 is 0. The highest BCUT2D eigenvalue weighted by molar-refractivity contribution is 7.98. The van der Waals surface area contributed by atoms with Crippen LogP contribution in [0.4, 0.5) is 5.69 Å². The molecule has 2 aliphatic rings. The number of aromatic amines is 2. The Kier molecular flexibility index (Phi) is 3.74. The predicted octanol–water partition coefficient (Wildman–Crippen LogP) is -1.71. The summed E-state index contributed by atoms with van der Waals surface area (Å²) in [5.41, 5.74) is -0.641. The van der Waals surface area contributed by atoms with Crippen molar-refractivity contribution in [2.75, 3.05) is 12.0 Å². The van der Waals surface area contributed by atoms with Crippen LogP contribution in [-0.2, 0) is 0 Å². The van der Waals surface area contributed by atoms with Gasteiger partial charge in [0.25, 0.3) is 5.56 Å². The molecule has 1 aromatic rings. The molecule has 8 nitrogen and oxygen atoms in total. The number of rotatable bonds is 3. The number of H-pyrrole nitrogens is 2. The highest BCUT2D eigenvalue weighted by atomic mass is 32.2. The van der Waals surface area contributed by atoms with Gasteiger partial charge in [-0.05, 0) is 6.26 Å². The summed E-state index contributed by atoms with van der Waals surface area (Å²) in [4.78, 5) is 31.8. The first-order valence-electron chi connectivity index (χ1n) is 6.54. The smallest absolute Gasteiger partial charge is 0.326 e. The molecule has 0 spiro atoms. The van der Waals surface area contributed by atoms with Crippen LogP contribution in [0.2, 0.25) is 0 Å². The maximum Gasteiger partial charge on any atom is 0.326 e. The molecule has 0 aromatic carbocycles.